The van der Waals surface area contributed by atoms with Crippen molar-refractivity contribution >= 4 is 5.78 Å². The Balaban J connectivity index is 2.69. The fraction of sp³-hybridized carbons (Fsp3) is 0.364. The fourth-order valence-electron chi connectivity index (χ4n) is 1.06. The predicted octanol–water partition coefficient (Wildman–Crippen LogP) is 2.02. The van der Waals surface area contributed by atoms with Gasteiger partial charge in [0.25, 0.3) is 0 Å². The van der Waals surface area contributed by atoms with Crippen molar-refractivity contribution in [2.45, 2.75) is 19.8 Å². The molecule has 0 saturated heterocycles. The molecule has 0 fully saturated rings. The van der Waals surface area contributed by atoms with Gasteiger partial charge < -0.3 is 4.74 Å². The van der Waals surface area contributed by atoms with Crippen LogP contribution in [0.4, 0.5) is 0 Å². The number of allylic oxidation sites excluding steroid dienone is 1. The van der Waals surface area contributed by atoms with Gasteiger partial charge in [-0.05, 0) is 13.3 Å². The largest absolute Gasteiger partial charge is 0.481 e. The summed E-state index contributed by atoms with van der Waals surface area (Å²) in [5.41, 5.74) is 1.38. The predicted molar refractivity (Wildman–Crippen MR) is 57.0 cm³/mol. The van der Waals surface area contributed by atoms with E-state index in [4.69, 9.17) is 4.74 Å². The summed E-state index contributed by atoms with van der Waals surface area (Å²) >= 11 is 0. The number of carbonyl (C=O) groups excluding carboxylic acids is 1. The Kier molecular flexibility index (Phi) is 3.97. The maximum absolute atomic E-state index is 11.6. The summed E-state index contributed by atoms with van der Waals surface area (Å²) in [7, 11) is 1.50. The maximum Gasteiger partial charge on any atom is 0.216 e. The number of nitrogens with zero attached hydrogens (tertiary/aromatic N) is 2. The summed E-state index contributed by atoms with van der Waals surface area (Å²) in [6.07, 6.45) is 2.44. The van der Waals surface area contributed by atoms with Crippen LogP contribution < -0.4 is 4.74 Å². The molecule has 80 valence electrons. The summed E-state index contributed by atoms with van der Waals surface area (Å²) in [6.45, 7) is 5.64. The lowest BCUT2D eigenvalue weighted by molar-refractivity contribution is 0.0977. The minimum absolute atomic E-state index is 0.0151. The molecule has 0 bridgehead atoms. The van der Waals surface area contributed by atoms with E-state index in [0.29, 0.717) is 24.4 Å². The molecule has 0 aliphatic carbocycles. The van der Waals surface area contributed by atoms with E-state index in [1.165, 1.54) is 13.4 Å². The van der Waals surface area contributed by atoms with Gasteiger partial charge in [0.05, 0.1) is 7.11 Å². The number of ether oxygens (including phenoxy) is 1. The highest BCUT2D eigenvalue weighted by Crippen LogP contribution is 2.10. The molecule has 0 amide bonds. The standard InChI is InChI=1S/C11H14N2O2/c1-8(2)4-5-10(14)9-6-11(15-3)13-7-12-9/h6-7H,1,4-5H2,2-3H3. The van der Waals surface area contributed by atoms with Crippen LogP contribution in [-0.4, -0.2) is 22.9 Å². The SMILES string of the molecule is C=C(C)CCC(=O)c1cc(OC)ncn1. The molecule has 0 spiro atoms. The van der Waals surface area contributed by atoms with Gasteiger partial charge in [0.1, 0.15) is 12.0 Å². The first kappa shape index (κ1) is 11.4. The molecule has 1 rings (SSSR count). The van der Waals surface area contributed by atoms with E-state index in [-0.39, 0.29) is 5.78 Å². The molecule has 0 aliphatic rings. The van der Waals surface area contributed by atoms with Crippen LogP contribution >= 0.6 is 0 Å². The number of hydrogen-bond donors (Lipinski definition) is 0. The van der Waals surface area contributed by atoms with E-state index >= 15 is 0 Å². The van der Waals surface area contributed by atoms with Crippen LogP contribution in [0, 0.1) is 0 Å². The molecular formula is C11H14N2O2. The van der Waals surface area contributed by atoms with Crippen molar-refractivity contribution in [3.63, 3.8) is 0 Å². The summed E-state index contributed by atoms with van der Waals surface area (Å²) in [4.78, 5) is 19.4. The Morgan fingerprint density at radius 1 is 1.47 bits per heavy atom. The summed E-state index contributed by atoms with van der Waals surface area (Å²) in [5, 5.41) is 0. The number of aromatic nitrogens is 2. The van der Waals surface area contributed by atoms with Gasteiger partial charge in [-0.15, -0.1) is 6.58 Å². The lowest BCUT2D eigenvalue weighted by Gasteiger charge is -2.01. The molecule has 0 atom stereocenters. The van der Waals surface area contributed by atoms with Crippen molar-refractivity contribution < 1.29 is 9.53 Å². The summed E-state index contributed by atoms with van der Waals surface area (Å²) in [6, 6.07) is 1.54. The zero-order valence-electron chi connectivity index (χ0n) is 8.99. The first-order chi connectivity index (χ1) is 7.13. The molecule has 0 unspecified atom stereocenters. The van der Waals surface area contributed by atoms with E-state index in [1.54, 1.807) is 6.07 Å². The molecule has 0 N–H and O–H groups in total. The Morgan fingerprint density at radius 2 is 2.20 bits per heavy atom. The van der Waals surface area contributed by atoms with Crippen molar-refractivity contribution in [1.29, 1.82) is 0 Å². The van der Waals surface area contributed by atoms with Gasteiger partial charge >= 0.3 is 0 Å². The normalized spacial score (nSPS) is 9.73. The molecule has 1 aromatic heterocycles. The summed E-state index contributed by atoms with van der Waals surface area (Å²) in [5.74, 6) is 0.391. The van der Waals surface area contributed by atoms with Crippen LogP contribution in [0.2, 0.25) is 0 Å². The Labute approximate surface area is 89.0 Å². The van der Waals surface area contributed by atoms with Crippen molar-refractivity contribution in [2.75, 3.05) is 7.11 Å². The zero-order chi connectivity index (χ0) is 11.3. The smallest absolute Gasteiger partial charge is 0.216 e. The van der Waals surface area contributed by atoms with Gasteiger partial charge in [-0.3, -0.25) is 4.79 Å². The Hall–Kier alpha value is -1.71. The maximum atomic E-state index is 11.6. The van der Waals surface area contributed by atoms with Gasteiger partial charge in [-0.1, -0.05) is 5.57 Å². The van der Waals surface area contributed by atoms with Gasteiger partial charge in [0, 0.05) is 12.5 Å². The Bertz CT molecular complexity index is 375. The number of methoxy groups -OCH3 is 1. The van der Waals surface area contributed by atoms with Crippen molar-refractivity contribution in [3.05, 3.63) is 30.2 Å². The highest BCUT2D eigenvalue weighted by Gasteiger charge is 2.08. The minimum atomic E-state index is -0.0151. The van der Waals surface area contributed by atoms with Crippen LogP contribution in [-0.2, 0) is 0 Å². The molecule has 1 aromatic rings. The first-order valence-electron chi connectivity index (χ1n) is 4.67. The third-order valence-electron chi connectivity index (χ3n) is 1.92. The molecule has 0 saturated carbocycles. The van der Waals surface area contributed by atoms with Crippen LogP contribution in [0.25, 0.3) is 0 Å². The highest BCUT2D eigenvalue weighted by molar-refractivity contribution is 5.94. The Morgan fingerprint density at radius 3 is 2.80 bits per heavy atom. The monoisotopic (exact) mass is 206 g/mol. The number of Topliss-reactive ketones (excluding diaryl/α,β-unsaturated/α-hetero) is 1. The van der Waals surface area contributed by atoms with Crippen molar-refractivity contribution in [3.8, 4) is 5.88 Å². The molecule has 0 aliphatic heterocycles. The number of carbonyl (C=O) groups is 1. The molecule has 0 aromatic carbocycles. The molecule has 1 heterocycles. The van der Waals surface area contributed by atoms with Gasteiger partial charge in [0.2, 0.25) is 5.88 Å². The third kappa shape index (κ3) is 3.50. The number of ketones is 1. The van der Waals surface area contributed by atoms with E-state index < -0.39 is 0 Å². The van der Waals surface area contributed by atoms with Crippen LogP contribution in [0.5, 0.6) is 5.88 Å². The lowest BCUT2D eigenvalue weighted by atomic mass is 10.1. The minimum Gasteiger partial charge on any atom is -0.481 e. The lowest BCUT2D eigenvalue weighted by Crippen LogP contribution is -2.03. The van der Waals surface area contributed by atoms with Crippen LogP contribution in [0.15, 0.2) is 24.5 Å². The molecule has 4 heteroatoms. The fourth-order valence-corrected chi connectivity index (χ4v) is 1.06. The van der Waals surface area contributed by atoms with Gasteiger partial charge in [-0.25, -0.2) is 9.97 Å². The highest BCUT2D eigenvalue weighted by atomic mass is 16.5. The average Bonchev–Trinajstić information content (AvgIpc) is 2.26. The topological polar surface area (TPSA) is 52.1 Å². The van der Waals surface area contributed by atoms with Gasteiger partial charge in [-0.2, -0.15) is 0 Å². The molecule has 4 nitrogen and oxygen atoms in total. The third-order valence-corrected chi connectivity index (χ3v) is 1.92. The van der Waals surface area contributed by atoms with E-state index in [0.717, 1.165) is 5.57 Å². The second-order valence-electron chi connectivity index (χ2n) is 3.33. The second kappa shape index (κ2) is 5.24. The quantitative estimate of drug-likeness (QED) is 0.546. The molecule has 15 heavy (non-hydrogen) atoms. The second-order valence-corrected chi connectivity index (χ2v) is 3.33. The van der Waals surface area contributed by atoms with E-state index in [1.807, 2.05) is 6.92 Å². The van der Waals surface area contributed by atoms with Crippen molar-refractivity contribution in [1.82, 2.24) is 9.97 Å². The van der Waals surface area contributed by atoms with Crippen molar-refractivity contribution in [2.24, 2.45) is 0 Å². The van der Waals surface area contributed by atoms with Gasteiger partial charge in [0.15, 0.2) is 5.78 Å². The van der Waals surface area contributed by atoms with E-state index in [2.05, 4.69) is 16.5 Å². The number of hydrogen-bond acceptors (Lipinski definition) is 4. The molecular weight excluding hydrogens is 192 g/mol. The van der Waals surface area contributed by atoms with Crippen LogP contribution in [0.3, 0.4) is 0 Å². The van der Waals surface area contributed by atoms with Crippen LogP contribution in [0.1, 0.15) is 30.3 Å². The first-order valence-corrected chi connectivity index (χ1v) is 4.67. The zero-order valence-corrected chi connectivity index (χ0v) is 8.99. The van der Waals surface area contributed by atoms with E-state index in [9.17, 15) is 4.79 Å². The summed E-state index contributed by atoms with van der Waals surface area (Å²) < 4.78 is 4.91. The average molecular weight is 206 g/mol. The number of rotatable bonds is 5. The molecule has 0 radical (unpaired) electrons.